The monoisotopic (exact) mass is 262 g/mol. The quantitative estimate of drug-likeness (QED) is 0.877. The molecule has 0 spiro atoms. The molecule has 1 nitrogen and oxygen atoms in total. The molecule has 0 aliphatic heterocycles. The Bertz CT molecular complexity index is 451. The number of halogens is 1. The first-order valence-corrected chi connectivity index (χ1v) is 5.54. The Balaban J connectivity index is 2.49. The van der Waals surface area contributed by atoms with E-state index in [0.29, 0.717) is 0 Å². The van der Waals surface area contributed by atoms with E-state index in [1.807, 2.05) is 30.3 Å². The minimum absolute atomic E-state index is 0.0687. The summed E-state index contributed by atoms with van der Waals surface area (Å²) < 4.78 is 0.993. The summed E-state index contributed by atoms with van der Waals surface area (Å²) in [6.45, 7) is 0.0687. The first-order chi connectivity index (χ1) is 7.29. The Kier molecular flexibility index (Phi) is 3.19. The fraction of sp³-hybridized carbons (Fsp3) is 0.0769. The Labute approximate surface area is 97.5 Å². The molecule has 1 N–H and O–H groups in total. The fourth-order valence-electron chi connectivity index (χ4n) is 1.54. The second-order valence-electron chi connectivity index (χ2n) is 3.37. The van der Waals surface area contributed by atoms with Crippen molar-refractivity contribution in [2.75, 3.05) is 0 Å². The van der Waals surface area contributed by atoms with E-state index in [0.717, 1.165) is 21.2 Å². The Hall–Kier alpha value is -1.12. The van der Waals surface area contributed by atoms with Crippen LogP contribution in [0.25, 0.3) is 11.1 Å². The van der Waals surface area contributed by atoms with Gasteiger partial charge in [-0.2, -0.15) is 0 Å². The van der Waals surface area contributed by atoms with Crippen LogP contribution in [-0.2, 0) is 6.61 Å². The molecule has 0 atom stereocenters. The zero-order chi connectivity index (χ0) is 10.7. The van der Waals surface area contributed by atoms with Crippen LogP contribution in [0, 0.1) is 0 Å². The molecule has 0 amide bonds. The van der Waals surface area contributed by atoms with Crippen molar-refractivity contribution >= 4 is 15.9 Å². The van der Waals surface area contributed by atoms with Crippen LogP contribution in [0.5, 0.6) is 0 Å². The van der Waals surface area contributed by atoms with Gasteiger partial charge in [0.2, 0.25) is 0 Å². The summed E-state index contributed by atoms with van der Waals surface area (Å²) in [4.78, 5) is 0. The van der Waals surface area contributed by atoms with Crippen molar-refractivity contribution in [3.05, 3.63) is 58.6 Å². The lowest BCUT2D eigenvalue weighted by atomic mass is 10.0. The number of benzene rings is 2. The molecule has 2 heteroatoms. The molecule has 0 heterocycles. The summed E-state index contributed by atoms with van der Waals surface area (Å²) in [5, 5.41) is 9.11. The van der Waals surface area contributed by atoms with E-state index in [9.17, 15) is 0 Å². The van der Waals surface area contributed by atoms with Crippen molar-refractivity contribution in [1.29, 1.82) is 0 Å². The number of hydrogen-bond donors (Lipinski definition) is 1. The maximum Gasteiger partial charge on any atom is 0.0682 e. The predicted octanol–water partition coefficient (Wildman–Crippen LogP) is 3.61. The molecule has 0 radical (unpaired) electrons. The molecule has 0 unspecified atom stereocenters. The van der Waals surface area contributed by atoms with E-state index in [2.05, 4.69) is 34.1 Å². The highest BCUT2D eigenvalue weighted by Gasteiger charge is 2.00. The third kappa shape index (κ3) is 2.46. The third-order valence-electron chi connectivity index (χ3n) is 2.25. The Morgan fingerprint density at radius 1 is 0.933 bits per heavy atom. The number of aliphatic hydroxyl groups excluding tert-OH is 1. The molecule has 0 saturated heterocycles. The Morgan fingerprint density at radius 2 is 1.67 bits per heavy atom. The van der Waals surface area contributed by atoms with Gasteiger partial charge in [0.1, 0.15) is 0 Å². The minimum atomic E-state index is 0.0687. The molecular formula is C13H11BrO. The lowest BCUT2D eigenvalue weighted by molar-refractivity contribution is 0.282. The molecule has 0 aliphatic carbocycles. The summed E-state index contributed by atoms with van der Waals surface area (Å²) >= 11 is 3.44. The Morgan fingerprint density at radius 3 is 2.33 bits per heavy atom. The van der Waals surface area contributed by atoms with Gasteiger partial charge in [-0.15, -0.1) is 0 Å². The topological polar surface area (TPSA) is 20.2 Å². The minimum Gasteiger partial charge on any atom is -0.392 e. The van der Waals surface area contributed by atoms with Crippen LogP contribution in [0.15, 0.2) is 53.0 Å². The van der Waals surface area contributed by atoms with Gasteiger partial charge in [0.15, 0.2) is 0 Å². The molecule has 0 saturated carbocycles. The highest BCUT2D eigenvalue weighted by atomic mass is 79.9. The van der Waals surface area contributed by atoms with Gasteiger partial charge in [-0.05, 0) is 34.9 Å². The average Bonchev–Trinajstić information content (AvgIpc) is 2.29. The lowest BCUT2D eigenvalue weighted by Gasteiger charge is -2.05. The van der Waals surface area contributed by atoms with Crippen molar-refractivity contribution in [3.8, 4) is 11.1 Å². The second-order valence-corrected chi connectivity index (χ2v) is 4.29. The highest BCUT2D eigenvalue weighted by Crippen LogP contribution is 2.24. The van der Waals surface area contributed by atoms with Crippen LogP contribution in [-0.4, -0.2) is 5.11 Å². The van der Waals surface area contributed by atoms with E-state index < -0.39 is 0 Å². The average molecular weight is 263 g/mol. The van der Waals surface area contributed by atoms with E-state index in [1.54, 1.807) is 0 Å². The van der Waals surface area contributed by atoms with Crippen LogP contribution < -0.4 is 0 Å². The van der Waals surface area contributed by atoms with Crippen LogP contribution in [0.4, 0.5) is 0 Å². The first kappa shape index (κ1) is 10.4. The maximum absolute atomic E-state index is 9.11. The van der Waals surface area contributed by atoms with E-state index in [-0.39, 0.29) is 6.61 Å². The third-order valence-corrected chi connectivity index (χ3v) is 2.71. The summed E-state index contributed by atoms with van der Waals surface area (Å²) in [5.41, 5.74) is 3.20. The number of aliphatic hydroxyl groups is 1. The number of rotatable bonds is 2. The van der Waals surface area contributed by atoms with E-state index in [1.165, 1.54) is 0 Å². The van der Waals surface area contributed by atoms with E-state index >= 15 is 0 Å². The molecule has 0 bridgehead atoms. The lowest BCUT2D eigenvalue weighted by Crippen LogP contribution is -1.85. The summed E-state index contributed by atoms with van der Waals surface area (Å²) in [7, 11) is 0. The predicted molar refractivity (Wildman–Crippen MR) is 65.5 cm³/mol. The van der Waals surface area contributed by atoms with Crippen LogP contribution in [0.3, 0.4) is 0 Å². The molecular weight excluding hydrogens is 252 g/mol. The molecule has 2 aromatic rings. The summed E-state index contributed by atoms with van der Waals surface area (Å²) in [6.07, 6.45) is 0. The van der Waals surface area contributed by atoms with Gasteiger partial charge in [-0.3, -0.25) is 0 Å². The largest absolute Gasteiger partial charge is 0.392 e. The standard InChI is InChI=1S/C13H11BrO/c14-13-7-10(9-15)6-12(8-13)11-4-2-1-3-5-11/h1-8,15H,9H2. The van der Waals surface area contributed by atoms with Crippen molar-refractivity contribution in [3.63, 3.8) is 0 Å². The van der Waals surface area contributed by atoms with Gasteiger partial charge in [-0.1, -0.05) is 46.3 Å². The van der Waals surface area contributed by atoms with Crippen LogP contribution >= 0.6 is 15.9 Å². The fourth-order valence-corrected chi connectivity index (χ4v) is 2.08. The van der Waals surface area contributed by atoms with Crippen molar-refractivity contribution in [2.24, 2.45) is 0 Å². The van der Waals surface area contributed by atoms with Crippen LogP contribution in [0.2, 0.25) is 0 Å². The highest BCUT2D eigenvalue weighted by molar-refractivity contribution is 9.10. The van der Waals surface area contributed by atoms with Gasteiger partial charge in [0.05, 0.1) is 6.61 Å². The molecule has 2 rings (SSSR count). The zero-order valence-electron chi connectivity index (χ0n) is 8.15. The molecule has 15 heavy (non-hydrogen) atoms. The molecule has 0 aliphatic rings. The zero-order valence-corrected chi connectivity index (χ0v) is 9.74. The molecule has 0 aromatic heterocycles. The SMILES string of the molecule is OCc1cc(Br)cc(-c2ccccc2)c1. The first-order valence-electron chi connectivity index (χ1n) is 4.75. The smallest absolute Gasteiger partial charge is 0.0682 e. The molecule has 2 aromatic carbocycles. The van der Waals surface area contributed by atoms with Gasteiger partial charge in [0.25, 0.3) is 0 Å². The van der Waals surface area contributed by atoms with Crippen molar-refractivity contribution in [1.82, 2.24) is 0 Å². The van der Waals surface area contributed by atoms with E-state index in [4.69, 9.17) is 5.11 Å². The summed E-state index contributed by atoms with van der Waals surface area (Å²) in [6, 6.07) is 16.1. The molecule has 76 valence electrons. The van der Waals surface area contributed by atoms with Gasteiger partial charge < -0.3 is 5.11 Å². The van der Waals surface area contributed by atoms with Crippen LogP contribution in [0.1, 0.15) is 5.56 Å². The van der Waals surface area contributed by atoms with Crippen molar-refractivity contribution < 1.29 is 5.11 Å². The number of hydrogen-bond acceptors (Lipinski definition) is 1. The summed E-state index contributed by atoms with van der Waals surface area (Å²) in [5.74, 6) is 0. The van der Waals surface area contributed by atoms with Gasteiger partial charge in [-0.25, -0.2) is 0 Å². The van der Waals surface area contributed by atoms with Gasteiger partial charge >= 0.3 is 0 Å². The normalized spacial score (nSPS) is 10.3. The maximum atomic E-state index is 9.11. The second kappa shape index (κ2) is 4.60. The molecule has 0 fully saturated rings. The van der Waals surface area contributed by atoms with Crippen molar-refractivity contribution in [2.45, 2.75) is 6.61 Å². The van der Waals surface area contributed by atoms with Gasteiger partial charge in [0, 0.05) is 4.47 Å².